The molecule has 3 N–H and O–H groups in total. The van der Waals surface area contributed by atoms with Crippen molar-refractivity contribution in [3.63, 3.8) is 0 Å². The molecule has 36 heavy (non-hydrogen) atoms. The highest BCUT2D eigenvalue weighted by molar-refractivity contribution is 6.31. The van der Waals surface area contributed by atoms with Crippen molar-refractivity contribution in [1.82, 2.24) is 15.2 Å². The number of carbonyl (C=O) groups is 1. The summed E-state index contributed by atoms with van der Waals surface area (Å²) in [6.45, 7) is 4.58. The summed E-state index contributed by atoms with van der Waals surface area (Å²) in [5.74, 6) is -1.26. The van der Waals surface area contributed by atoms with Gasteiger partial charge in [0, 0.05) is 42.5 Å². The van der Waals surface area contributed by atoms with Crippen LogP contribution in [-0.2, 0) is 11.3 Å². The summed E-state index contributed by atoms with van der Waals surface area (Å²) in [5, 5.41) is 2.61. The van der Waals surface area contributed by atoms with Gasteiger partial charge in [-0.2, -0.15) is 0 Å². The third-order valence-electron chi connectivity index (χ3n) is 5.91. The molecule has 1 amide bonds. The van der Waals surface area contributed by atoms with E-state index in [-0.39, 0.29) is 34.7 Å². The molecule has 1 aliphatic heterocycles. The molecule has 1 fully saturated rings. The van der Waals surface area contributed by atoms with Crippen LogP contribution >= 0.6 is 11.6 Å². The van der Waals surface area contributed by atoms with Crippen LogP contribution in [0.4, 0.5) is 14.6 Å². The molecule has 1 saturated heterocycles. The van der Waals surface area contributed by atoms with Crippen molar-refractivity contribution in [1.29, 1.82) is 0 Å². The number of anilines is 1. The first-order valence-corrected chi connectivity index (χ1v) is 12.0. The molecule has 1 aliphatic rings. The smallest absolute Gasteiger partial charge is 0.251 e. The molecule has 2 heterocycles. The number of morpholine rings is 1. The molecule has 2 aromatic carbocycles. The van der Waals surface area contributed by atoms with Crippen molar-refractivity contribution in [2.24, 2.45) is 0 Å². The third kappa shape index (κ3) is 6.48. The average molecular weight is 517 g/mol. The number of nitrogens with one attached hydrogen (secondary N) is 1. The second-order valence-corrected chi connectivity index (χ2v) is 8.74. The van der Waals surface area contributed by atoms with E-state index in [1.807, 2.05) is 0 Å². The lowest BCUT2D eigenvalue weighted by molar-refractivity contribution is 0.0374. The Balaban J connectivity index is 1.35. The Bertz CT molecular complexity index is 1200. The summed E-state index contributed by atoms with van der Waals surface area (Å²) in [7, 11) is 0. The first kappa shape index (κ1) is 25.8. The van der Waals surface area contributed by atoms with E-state index in [4.69, 9.17) is 26.8 Å². The zero-order valence-corrected chi connectivity index (χ0v) is 20.4. The highest BCUT2D eigenvalue weighted by Gasteiger charge is 2.15. The van der Waals surface area contributed by atoms with E-state index in [2.05, 4.69) is 15.2 Å². The molecule has 3 aromatic rings. The standard InChI is InChI=1S/C26H27ClF2N4O3/c27-24-20(21(28)6-7-22(24)29)16-36-23-14-19(15-32-25(23)30)17-2-4-18(5-3-17)26(34)31-8-1-9-33-10-12-35-13-11-33/h2-7,14-15H,1,8-13,16H2,(H2,30,32)(H,31,34). The molecule has 0 bridgehead atoms. The fourth-order valence-electron chi connectivity index (χ4n) is 3.83. The molecular formula is C26H27ClF2N4O3. The minimum absolute atomic E-state index is 0.0970. The van der Waals surface area contributed by atoms with Crippen molar-refractivity contribution < 1.29 is 23.0 Å². The number of hydrogen-bond acceptors (Lipinski definition) is 6. The normalized spacial score (nSPS) is 14.0. The summed E-state index contributed by atoms with van der Waals surface area (Å²) >= 11 is 5.87. The minimum atomic E-state index is -0.738. The zero-order valence-electron chi connectivity index (χ0n) is 19.6. The second kappa shape index (κ2) is 12.1. The molecule has 0 atom stereocenters. The zero-order chi connectivity index (χ0) is 25.5. The van der Waals surface area contributed by atoms with E-state index in [0.29, 0.717) is 17.7 Å². The van der Waals surface area contributed by atoms with Gasteiger partial charge in [-0.3, -0.25) is 9.69 Å². The number of rotatable bonds is 9. The number of nitrogens with two attached hydrogens (primary N) is 1. The average Bonchev–Trinajstić information content (AvgIpc) is 2.90. The molecule has 10 heteroatoms. The summed E-state index contributed by atoms with van der Waals surface area (Å²) in [4.78, 5) is 18.9. The number of benzene rings is 2. The maximum Gasteiger partial charge on any atom is 0.251 e. The number of aromatic nitrogens is 1. The summed E-state index contributed by atoms with van der Waals surface area (Å²) in [6.07, 6.45) is 2.44. The topological polar surface area (TPSA) is 89.7 Å². The van der Waals surface area contributed by atoms with E-state index in [1.165, 1.54) is 0 Å². The number of halogens is 3. The molecule has 7 nitrogen and oxygen atoms in total. The maximum atomic E-state index is 14.0. The molecule has 0 saturated carbocycles. The number of hydrogen-bond donors (Lipinski definition) is 2. The Morgan fingerprint density at radius 3 is 2.58 bits per heavy atom. The monoisotopic (exact) mass is 516 g/mol. The minimum Gasteiger partial charge on any atom is -0.485 e. The third-order valence-corrected chi connectivity index (χ3v) is 6.32. The van der Waals surface area contributed by atoms with Crippen LogP contribution < -0.4 is 15.8 Å². The number of amides is 1. The van der Waals surface area contributed by atoms with Crippen molar-refractivity contribution in [2.75, 3.05) is 45.1 Å². The van der Waals surface area contributed by atoms with Crippen LogP contribution in [0.5, 0.6) is 5.75 Å². The van der Waals surface area contributed by atoms with Gasteiger partial charge in [0.15, 0.2) is 11.6 Å². The van der Waals surface area contributed by atoms with Crippen LogP contribution in [0.3, 0.4) is 0 Å². The van der Waals surface area contributed by atoms with Crippen molar-refractivity contribution >= 4 is 23.3 Å². The largest absolute Gasteiger partial charge is 0.485 e. The van der Waals surface area contributed by atoms with Gasteiger partial charge in [-0.05, 0) is 48.9 Å². The van der Waals surface area contributed by atoms with Crippen molar-refractivity contribution in [2.45, 2.75) is 13.0 Å². The molecule has 0 aliphatic carbocycles. The number of pyridine rings is 1. The molecular weight excluding hydrogens is 490 g/mol. The number of carbonyl (C=O) groups excluding carboxylic acids is 1. The lowest BCUT2D eigenvalue weighted by Crippen LogP contribution is -2.38. The first-order chi connectivity index (χ1) is 17.4. The van der Waals surface area contributed by atoms with Gasteiger partial charge in [0.1, 0.15) is 18.2 Å². The fraction of sp³-hybridized carbons (Fsp3) is 0.308. The first-order valence-electron chi connectivity index (χ1n) is 11.6. The molecule has 0 radical (unpaired) electrons. The van der Waals surface area contributed by atoms with Crippen LogP contribution in [0.25, 0.3) is 11.1 Å². The van der Waals surface area contributed by atoms with E-state index in [1.54, 1.807) is 36.5 Å². The van der Waals surface area contributed by atoms with Crippen LogP contribution in [0.15, 0.2) is 48.7 Å². The van der Waals surface area contributed by atoms with Crippen LogP contribution in [-0.4, -0.2) is 55.2 Å². The predicted octanol–water partition coefficient (Wildman–Crippen LogP) is 4.29. The Morgan fingerprint density at radius 1 is 1.11 bits per heavy atom. The van der Waals surface area contributed by atoms with Gasteiger partial charge >= 0.3 is 0 Å². The quantitative estimate of drug-likeness (QED) is 0.326. The van der Waals surface area contributed by atoms with Gasteiger partial charge in [-0.25, -0.2) is 13.8 Å². The Labute approximate surface area is 213 Å². The van der Waals surface area contributed by atoms with Crippen LogP contribution in [0.2, 0.25) is 5.02 Å². The maximum absolute atomic E-state index is 14.0. The Hall–Kier alpha value is -3.27. The Morgan fingerprint density at radius 2 is 1.83 bits per heavy atom. The van der Waals surface area contributed by atoms with E-state index >= 15 is 0 Å². The molecule has 0 spiro atoms. The molecule has 0 unspecified atom stereocenters. The SMILES string of the molecule is Nc1ncc(-c2ccc(C(=O)NCCCN3CCOCC3)cc2)cc1OCc1c(F)ccc(F)c1Cl. The summed E-state index contributed by atoms with van der Waals surface area (Å²) in [5.41, 5.74) is 7.81. The number of ether oxygens (including phenoxy) is 2. The van der Waals surface area contributed by atoms with Gasteiger partial charge < -0.3 is 20.5 Å². The summed E-state index contributed by atoms with van der Waals surface area (Å²) < 4.78 is 38.7. The highest BCUT2D eigenvalue weighted by atomic mass is 35.5. The van der Waals surface area contributed by atoms with Gasteiger partial charge in [-0.15, -0.1) is 0 Å². The molecule has 4 rings (SSSR count). The van der Waals surface area contributed by atoms with Gasteiger partial charge in [0.25, 0.3) is 5.91 Å². The van der Waals surface area contributed by atoms with E-state index < -0.39 is 11.6 Å². The van der Waals surface area contributed by atoms with Gasteiger partial charge in [0.2, 0.25) is 0 Å². The predicted molar refractivity (Wildman–Crippen MR) is 134 cm³/mol. The lowest BCUT2D eigenvalue weighted by Gasteiger charge is -2.26. The Kier molecular flexibility index (Phi) is 8.69. The highest BCUT2D eigenvalue weighted by Crippen LogP contribution is 2.30. The fourth-order valence-corrected chi connectivity index (χ4v) is 4.03. The van der Waals surface area contributed by atoms with E-state index in [9.17, 15) is 13.6 Å². The lowest BCUT2D eigenvalue weighted by atomic mass is 10.0. The van der Waals surface area contributed by atoms with E-state index in [0.717, 1.165) is 57.0 Å². The second-order valence-electron chi connectivity index (χ2n) is 8.36. The number of nitrogen functional groups attached to an aromatic ring is 1. The molecule has 1 aromatic heterocycles. The number of nitrogens with zero attached hydrogens (tertiary/aromatic N) is 2. The van der Waals surface area contributed by atoms with Gasteiger partial charge in [-0.1, -0.05) is 23.7 Å². The summed E-state index contributed by atoms with van der Waals surface area (Å²) in [6, 6.07) is 10.6. The van der Waals surface area contributed by atoms with Crippen molar-refractivity contribution in [3.05, 3.63) is 76.4 Å². The molecule has 190 valence electrons. The van der Waals surface area contributed by atoms with Crippen molar-refractivity contribution in [3.8, 4) is 16.9 Å². The van der Waals surface area contributed by atoms with Gasteiger partial charge in [0.05, 0.1) is 18.2 Å². The van der Waals surface area contributed by atoms with Crippen LogP contribution in [0.1, 0.15) is 22.3 Å². The van der Waals surface area contributed by atoms with Crippen LogP contribution in [0, 0.1) is 11.6 Å².